The molecule has 25 heavy (non-hydrogen) atoms. The van der Waals surface area contributed by atoms with Gasteiger partial charge in [-0.05, 0) is 37.4 Å². The van der Waals surface area contributed by atoms with E-state index in [0.29, 0.717) is 10.0 Å². The molecule has 0 radical (unpaired) electrons. The normalized spacial score (nSPS) is 11.3. The molecule has 0 aliphatic rings. The molecule has 2 rings (SSSR count). The maximum Gasteiger partial charge on any atom is 0.290 e. The van der Waals surface area contributed by atoms with Crippen LogP contribution < -0.4 is 4.72 Å². The van der Waals surface area contributed by atoms with Gasteiger partial charge in [0.2, 0.25) is 5.09 Å². The number of hydrogen-bond acceptors (Lipinski definition) is 4. The quantitative estimate of drug-likeness (QED) is 0.684. The molecule has 1 aromatic heterocycles. The summed E-state index contributed by atoms with van der Waals surface area (Å²) >= 11 is 3.26. The molecule has 1 amide bonds. The first-order valence-electron chi connectivity index (χ1n) is 7.16. The molecule has 0 bridgehead atoms. The number of nitrogens with zero attached hydrogens (tertiary/aromatic N) is 1. The third-order valence-corrected chi connectivity index (χ3v) is 5.11. The number of sulfonamides is 1. The molecule has 0 saturated heterocycles. The van der Waals surface area contributed by atoms with Crippen molar-refractivity contribution < 1.29 is 22.0 Å². The molecule has 0 atom stereocenters. The molecule has 0 unspecified atom stereocenters. The first-order chi connectivity index (χ1) is 11.8. The van der Waals surface area contributed by atoms with E-state index < -0.39 is 21.7 Å². The van der Waals surface area contributed by atoms with Crippen molar-refractivity contribution in [2.45, 2.75) is 11.6 Å². The minimum Gasteiger partial charge on any atom is -0.438 e. The molecule has 0 saturated carbocycles. The summed E-state index contributed by atoms with van der Waals surface area (Å²) in [6.45, 7) is 3.70. The Labute approximate surface area is 153 Å². The van der Waals surface area contributed by atoms with Gasteiger partial charge in [0.05, 0.1) is 0 Å². The zero-order valence-corrected chi connectivity index (χ0v) is 15.7. The Balaban J connectivity index is 2.29. The largest absolute Gasteiger partial charge is 0.438 e. The number of carbonyl (C=O) groups excluding carboxylic acids is 1. The number of hydrogen-bond donors (Lipinski definition) is 1. The van der Waals surface area contributed by atoms with Crippen molar-refractivity contribution in [3.8, 4) is 0 Å². The van der Waals surface area contributed by atoms with E-state index in [1.54, 1.807) is 12.1 Å². The van der Waals surface area contributed by atoms with Crippen molar-refractivity contribution in [3.05, 3.63) is 64.6 Å². The number of carbonyl (C=O) groups is 1. The van der Waals surface area contributed by atoms with Gasteiger partial charge in [0.1, 0.15) is 5.82 Å². The lowest BCUT2D eigenvalue weighted by Crippen LogP contribution is -2.30. The zero-order valence-electron chi connectivity index (χ0n) is 13.3. The molecule has 0 spiro atoms. The lowest BCUT2D eigenvalue weighted by molar-refractivity contribution is 0.0723. The molecule has 1 aromatic carbocycles. The van der Waals surface area contributed by atoms with Crippen LogP contribution in [0.3, 0.4) is 0 Å². The topological polar surface area (TPSA) is 79.6 Å². The monoisotopic (exact) mass is 430 g/mol. The fraction of sp³-hybridized carbons (Fsp3) is 0.188. The maximum atomic E-state index is 13.9. The van der Waals surface area contributed by atoms with Crippen LogP contribution in [0.1, 0.15) is 16.1 Å². The van der Waals surface area contributed by atoms with E-state index >= 15 is 0 Å². The third-order valence-electron chi connectivity index (χ3n) is 3.33. The van der Waals surface area contributed by atoms with Crippen LogP contribution in [0.4, 0.5) is 4.39 Å². The summed E-state index contributed by atoms with van der Waals surface area (Å²) in [5.41, 5.74) is 0.305. The second kappa shape index (κ2) is 7.94. The summed E-state index contributed by atoms with van der Waals surface area (Å²) in [6.07, 6.45) is 1.49. The molecule has 0 fully saturated rings. The lowest BCUT2D eigenvalue weighted by Gasteiger charge is -2.20. The average Bonchev–Trinajstić information content (AvgIpc) is 3.08. The number of benzene rings is 1. The van der Waals surface area contributed by atoms with E-state index in [2.05, 4.69) is 27.2 Å². The van der Waals surface area contributed by atoms with Gasteiger partial charge in [0, 0.05) is 23.1 Å². The fourth-order valence-electron chi connectivity index (χ4n) is 2.08. The van der Waals surface area contributed by atoms with Crippen molar-refractivity contribution in [2.75, 3.05) is 13.6 Å². The SMILES string of the molecule is C=CCN(Cc1cc(Br)ccc1F)C(=O)c1ccc(S(=O)(=O)NC)o1. The highest BCUT2D eigenvalue weighted by Gasteiger charge is 2.23. The van der Waals surface area contributed by atoms with Crippen molar-refractivity contribution in [1.82, 2.24) is 9.62 Å². The Bertz CT molecular complexity index is 895. The van der Waals surface area contributed by atoms with Gasteiger partial charge < -0.3 is 9.32 Å². The molecule has 0 aliphatic heterocycles. The van der Waals surface area contributed by atoms with Crippen LogP contribution in [0.25, 0.3) is 0 Å². The van der Waals surface area contributed by atoms with Crippen molar-refractivity contribution >= 4 is 31.9 Å². The van der Waals surface area contributed by atoms with E-state index in [1.165, 1.54) is 36.2 Å². The van der Waals surface area contributed by atoms with Crippen molar-refractivity contribution in [3.63, 3.8) is 0 Å². The Morgan fingerprint density at radius 2 is 2.12 bits per heavy atom. The molecule has 6 nitrogen and oxygen atoms in total. The molecule has 134 valence electrons. The van der Waals surface area contributed by atoms with E-state index in [4.69, 9.17) is 4.42 Å². The molecule has 0 aliphatic carbocycles. The number of amides is 1. The summed E-state index contributed by atoms with van der Waals surface area (Å²) in [4.78, 5) is 13.9. The minimum absolute atomic E-state index is 0.0229. The molecule has 2 aromatic rings. The smallest absolute Gasteiger partial charge is 0.290 e. The first kappa shape index (κ1) is 19.4. The number of nitrogens with one attached hydrogen (secondary N) is 1. The van der Waals surface area contributed by atoms with E-state index in [9.17, 15) is 17.6 Å². The molecule has 1 heterocycles. The Morgan fingerprint density at radius 1 is 1.40 bits per heavy atom. The maximum absolute atomic E-state index is 13.9. The van der Waals surface area contributed by atoms with E-state index in [-0.39, 0.29) is 23.9 Å². The van der Waals surface area contributed by atoms with Crippen LogP contribution in [-0.4, -0.2) is 32.8 Å². The molecular weight excluding hydrogens is 415 g/mol. The fourth-order valence-corrected chi connectivity index (χ4v) is 3.14. The predicted octanol–water partition coefficient (Wildman–Crippen LogP) is 2.92. The summed E-state index contributed by atoms with van der Waals surface area (Å²) in [6, 6.07) is 6.86. The van der Waals surface area contributed by atoms with Gasteiger partial charge in [-0.3, -0.25) is 4.79 Å². The Hall–Kier alpha value is -1.97. The minimum atomic E-state index is -3.79. The zero-order chi connectivity index (χ0) is 18.6. The summed E-state index contributed by atoms with van der Waals surface area (Å²) in [5.74, 6) is -1.19. The summed E-state index contributed by atoms with van der Waals surface area (Å²) in [5, 5.41) is -0.370. The molecule has 9 heteroatoms. The highest BCUT2D eigenvalue weighted by molar-refractivity contribution is 9.10. The van der Waals surface area contributed by atoms with Gasteiger partial charge in [0.25, 0.3) is 15.9 Å². The van der Waals surface area contributed by atoms with Crippen LogP contribution in [0.2, 0.25) is 0 Å². The van der Waals surface area contributed by atoms with E-state index in [0.717, 1.165) is 0 Å². The average molecular weight is 431 g/mol. The molecular formula is C16H16BrFN2O4S. The lowest BCUT2D eigenvalue weighted by atomic mass is 10.2. The second-order valence-corrected chi connectivity index (χ2v) is 7.77. The predicted molar refractivity (Wildman–Crippen MR) is 94.0 cm³/mol. The van der Waals surface area contributed by atoms with Gasteiger partial charge in [-0.15, -0.1) is 6.58 Å². The number of rotatable bonds is 7. The summed E-state index contributed by atoms with van der Waals surface area (Å²) in [7, 11) is -2.56. The second-order valence-electron chi connectivity index (χ2n) is 5.04. The van der Waals surface area contributed by atoms with Gasteiger partial charge in [0.15, 0.2) is 5.76 Å². The van der Waals surface area contributed by atoms with E-state index in [1.807, 2.05) is 0 Å². The van der Waals surface area contributed by atoms with Crippen LogP contribution in [0, 0.1) is 5.82 Å². The van der Waals surface area contributed by atoms with Gasteiger partial charge in [-0.2, -0.15) is 0 Å². The Kier molecular flexibility index (Phi) is 6.15. The van der Waals surface area contributed by atoms with Gasteiger partial charge in [-0.1, -0.05) is 22.0 Å². The van der Waals surface area contributed by atoms with Crippen LogP contribution in [0.15, 0.2) is 57.0 Å². The standard InChI is InChI=1S/C16H16BrFN2O4S/c1-3-8-20(10-11-9-12(17)4-5-13(11)18)16(21)14-6-7-15(24-14)25(22,23)19-2/h3-7,9,19H,1,8,10H2,2H3. The van der Waals surface area contributed by atoms with Crippen LogP contribution in [0.5, 0.6) is 0 Å². The number of furan rings is 1. The number of halogens is 2. The third kappa shape index (κ3) is 4.56. The summed E-state index contributed by atoms with van der Waals surface area (Å²) < 4.78 is 45.3. The first-order valence-corrected chi connectivity index (χ1v) is 9.43. The van der Waals surface area contributed by atoms with Crippen LogP contribution in [-0.2, 0) is 16.6 Å². The Morgan fingerprint density at radius 3 is 2.76 bits per heavy atom. The van der Waals surface area contributed by atoms with Crippen LogP contribution >= 0.6 is 15.9 Å². The van der Waals surface area contributed by atoms with Crippen molar-refractivity contribution in [1.29, 1.82) is 0 Å². The highest BCUT2D eigenvalue weighted by atomic mass is 79.9. The van der Waals surface area contributed by atoms with Gasteiger partial charge in [-0.25, -0.2) is 17.5 Å². The molecule has 1 N–H and O–H groups in total. The highest BCUT2D eigenvalue weighted by Crippen LogP contribution is 2.20. The van der Waals surface area contributed by atoms with Gasteiger partial charge >= 0.3 is 0 Å². The van der Waals surface area contributed by atoms with Crippen molar-refractivity contribution in [2.24, 2.45) is 0 Å².